The first kappa shape index (κ1) is 13.6. The molecule has 1 saturated heterocycles. The van der Waals surface area contributed by atoms with Crippen LogP contribution in [0.25, 0.3) is 5.65 Å². The fraction of sp³-hybridized carbons (Fsp3) is 0.438. The van der Waals surface area contributed by atoms with Crippen molar-refractivity contribution in [2.75, 3.05) is 29.9 Å². The van der Waals surface area contributed by atoms with Gasteiger partial charge in [-0.2, -0.15) is 4.52 Å². The van der Waals surface area contributed by atoms with Crippen molar-refractivity contribution >= 4 is 17.3 Å². The lowest BCUT2D eigenvalue weighted by atomic mass is 10.00. The van der Waals surface area contributed by atoms with Gasteiger partial charge in [0.2, 0.25) is 0 Å². The molecule has 0 aromatic carbocycles. The molecule has 0 unspecified atom stereocenters. The van der Waals surface area contributed by atoms with E-state index < -0.39 is 0 Å². The van der Waals surface area contributed by atoms with E-state index in [1.807, 2.05) is 12.1 Å². The van der Waals surface area contributed by atoms with E-state index in [-0.39, 0.29) is 0 Å². The molecule has 2 aliphatic rings. The second-order valence-electron chi connectivity index (χ2n) is 6.48. The molecule has 4 heterocycles. The molecule has 1 N–H and O–H groups in total. The maximum absolute atomic E-state index is 4.53. The van der Waals surface area contributed by atoms with Gasteiger partial charge in [0, 0.05) is 36.8 Å². The van der Waals surface area contributed by atoms with Crippen LogP contribution in [0, 0.1) is 5.92 Å². The number of nitrogens with one attached hydrogen (secondary N) is 1. The highest BCUT2D eigenvalue weighted by Crippen LogP contribution is 2.27. The Morgan fingerprint density at radius 3 is 3.08 bits per heavy atom. The fourth-order valence-electron chi connectivity index (χ4n) is 3.53. The Morgan fingerprint density at radius 1 is 1.17 bits per heavy atom. The molecular weight excluding hydrogens is 304 g/mol. The predicted molar refractivity (Wildman–Crippen MR) is 89.0 cm³/mol. The highest BCUT2D eigenvalue weighted by atomic mass is 15.4. The Morgan fingerprint density at radius 2 is 2.12 bits per heavy atom. The third kappa shape index (κ3) is 2.26. The van der Waals surface area contributed by atoms with Crippen LogP contribution in [0.5, 0.6) is 0 Å². The minimum atomic E-state index is 0.607. The number of aromatic nitrogens is 6. The van der Waals surface area contributed by atoms with Gasteiger partial charge in [0.1, 0.15) is 24.3 Å². The van der Waals surface area contributed by atoms with Crippen LogP contribution in [0.3, 0.4) is 0 Å². The zero-order valence-electron chi connectivity index (χ0n) is 13.3. The molecule has 0 radical (unpaired) electrons. The first-order valence-corrected chi connectivity index (χ1v) is 8.35. The van der Waals surface area contributed by atoms with Crippen molar-refractivity contribution in [2.45, 2.75) is 19.3 Å². The molecule has 5 rings (SSSR count). The molecule has 1 aliphatic heterocycles. The van der Waals surface area contributed by atoms with Gasteiger partial charge < -0.3 is 10.2 Å². The lowest BCUT2D eigenvalue weighted by Crippen LogP contribution is -2.50. The van der Waals surface area contributed by atoms with Crippen molar-refractivity contribution in [1.29, 1.82) is 0 Å². The van der Waals surface area contributed by atoms with Gasteiger partial charge in [-0.05, 0) is 31.4 Å². The summed E-state index contributed by atoms with van der Waals surface area (Å²) in [5.41, 5.74) is 3.30. The maximum Gasteiger partial charge on any atom is 0.177 e. The highest BCUT2D eigenvalue weighted by Gasteiger charge is 2.28. The van der Waals surface area contributed by atoms with Crippen molar-refractivity contribution in [1.82, 2.24) is 29.8 Å². The smallest absolute Gasteiger partial charge is 0.177 e. The van der Waals surface area contributed by atoms with Crippen molar-refractivity contribution in [3.05, 3.63) is 36.0 Å². The van der Waals surface area contributed by atoms with E-state index in [0.29, 0.717) is 5.92 Å². The number of hydrogen-bond donors (Lipinski definition) is 1. The molecule has 24 heavy (non-hydrogen) atoms. The third-order valence-electron chi connectivity index (χ3n) is 4.86. The first-order chi connectivity index (χ1) is 11.9. The summed E-state index contributed by atoms with van der Waals surface area (Å²) in [5.74, 6) is 2.61. The van der Waals surface area contributed by atoms with Crippen molar-refractivity contribution < 1.29 is 0 Å². The van der Waals surface area contributed by atoms with Crippen molar-refractivity contribution in [3.8, 4) is 0 Å². The van der Waals surface area contributed by atoms with Crippen LogP contribution >= 0.6 is 0 Å². The van der Waals surface area contributed by atoms with E-state index >= 15 is 0 Å². The molecule has 0 amide bonds. The first-order valence-electron chi connectivity index (χ1n) is 8.35. The molecular formula is C16H18N8. The van der Waals surface area contributed by atoms with E-state index in [9.17, 15) is 0 Å². The molecule has 1 fully saturated rings. The number of fused-ring (bicyclic) bond motifs is 2. The normalized spacial score (nSPS) is 17.1. The summed E-state index contributed by atoms with van der Waals surface area (Å²) >= 11 is 0. The maximum atomic E-state index is 4.53. The van der Waals surface area contributed by atoms with E-state index in [1.165, 1.54) is 17.7 Å². The molecule has 0 atom stereocenters. The molecule has 8 nitrogen and oxygen atoms in total. The van der Waals surface area contributed by atoms with Crippen LogP contribution in [0.15, 0.2) is 24.8 Å². The Hall–Kier alpha value is -2.77. The Balaban J connectivity index is 1.21. The molecule has 0 bridgehead atoms. The number of anilines is 2. The molecule has 122 valence electrons. The monoisotopic (exact) mass is 322 g/mol. The average molecular weight is 322 g/mol. The standard InChI is InChI=1S/C16H18N8/c1-2-12-13(3-1)18-9-19-16(12)17-6-11-7-23(8-11)15-5-4-14-21-20-10-24(14)22-15/h4-5,9-11H,1-3,6-8H2,(H,17,18,19). The summed E-state index contributed by atoms with van der Waals surface area (Å²) < 4.78 is 1.71. The summed E-state index contributed by atoms with van der Waals surface area (Å²) in [7, 11) is 0. The minimum absolute atomic E-state index is 0.607. The minimum Gasteiger partial charge on any atom is -0.369 e. The van der Waals surface area contributed by atoms with Gasteiger partial charge in [-0.3, -0.25) is 0 Å². The van der Waals surface area contributed by atoms with Gasteiger partial charge in [0.25, 0.3) is 0 Å². The number of aryl methyl sites for hydroxylation is 1. The molecule has 1 aliphatic carbocycles. The second kappa shape index (κ2) is 5.40. The van der Waals surface area contributed by atoms with Gasteiger partial charge >= 0.3 is 0 Å². The zero-order valence-corrected chi connectivity index (χ0v) is 13.3. The van der Waals surface area contributed by atoms with Crippen LogP contribution < -0.4 is 10.2 Å². The lowest BCUT2D eigenvalue weighted by molar-refractivity contribution is 0.424. The Kier molecular flexibility index (Phi) is 3.07. The van der Waals surface area contributed by atoms with Crippen molar-refractivity contribution in [2.24, 2.45) is 5.92 Å². The fourth-order valence-corrected chi connectivity index (χ4v) is 3.53. The SMILES string of the molecule is c1nc2c(c(NCC3CN(c4ccc5nncn5n4)C3)n1)CCC2. The molecule has 0 saturated carbocycles. The van der Waals surface area contributed by atoms with Gasteiger partial charge in [-0.15, -0.1) is 15.3 Å². The van der Waals surface area contributed by atoms with E-state index in [2.05, 4.69) is 35.5 Å². The van der Waals surface area contributed by atoms with E-state index in [4.69, 9.17) is 0 Å². The average Bonchev–Trinajstić information content (AvgIpc) is 3.22. The van der Waals surface area contributed by atoms with Crippen LogP contribution in [-0.2, 0) is 12.8 Å². The van der Waals surface area contributed by atoms with Crippen LogP contribution in [0.4, 0.5) is 11.6 Å². The van der Waals surface area contributed by atoms with Gasteiger partial charge in [0.15, 0.2) is 5.65 Å². The van der Waals surface area contributed by atoms with E-state index in [1.54, 1.807) is 17.2 Å². The number of hydrogen-bond acceptors (Lipinski definition) is 7. The van der Waals surface area contributed by atoms with E-state index in [0.717, 1.165) is 49.8 Å². The topological polar surface area (TPSA) is 84.1 Å². The number of nitrogens with zero attached hydrogens (tertiary/aromatic N) is 7. The summed E-state index contributed by atoms with van der Waals surface area (Å²) in [5, 5.41) is 15.9. The Labute approximate surface area is 138 Å². The molecule has 3 aromatic rings. The quantitative estimate of drug-likeness (QED) is 0.765. The summed E-state index contributed by atoms with van der Waals surface area (Å²) in [6.45, 7) is 2.94. The zero-order chi connectivity index (χ0) is 15.9. The van der Waals surface area contributed by atoms with Crippen LogP contribution in [0.2, 0.25) is 0 Å². The second-order valence-corrected chi connectivity index (χ2v) is 6.48. The van der Waals surface area contributed by atoms with Gasteiger partial charge in [0.05, 0.1) is 0 Å². The van der Waals surface area contributed by atoms with Crippen molar-refractivity contribution in [3.63, 3.8) is 0 Å². The van der Waals surface area contributed by atoms with Gasteiger partial charge in [-0.25, -0.2) is 9.97 Å². The predicted octanol–water partition coefficient (Wildman–Crippen LogP) is 0.951. The van der Waals surface area contributed by atoms with Crippen LogP contribution in [0.1, 0.15) is 17.7 Å². The summed E-state index contributed by atoms with van der Waals surface area (Å²) in [6, 6.07) is 3.95. The third-order valence-corrected chi connectivity index (χ3v) is 4.86. The number of rotatable bonds is 4. The lowest BCUT2D eigenvalue weighted by Gasteiger charge is -2.40. The Bertz CT molecular complexity index is 883. The van der Waals surface area contributed by atoms with Gasteiger partial charge in [-0.1, -0.05) is 0 Å². The largest absolute Gasteiger partial charge is 0.369 e. The summed E-state index contributed by atoms with van der Waals surface area (Å²) in [4.78, 5) is 11.1. The molecule has 0 spiro atoms. The summed E-state index contributed by atoms with van der Waals surface area (Å²) in [6.07, 6.45) is 6.68. The molecule has 8 heteroatoms. The van der Waals surface area contributed by atoms with Crippen LogP contribution in [-0.4, -0.2) is 49.4 Å². The highest BCUT2D eigenvalue weighted by molar-refractivity contribution is 5.49. The molecule has 3 aromatic heterocycles.